The van der Waals surface area contributed by atoms with Gasteiger partial charge in [0.15, 0.2) is 5.84 Å². The molecule has 5 heteroatoms. The predicted molar refractivity (Wildman–Crippen MR) is 54.5 cm³/mol. The Balaban J connectivity index is 2.18. The molecule has 2 atom stereocenters. The minimum atomic E-state index is -0.106. The van der Waals surface area contributed by atoms with Gasteiger partial charge < -0.3 is 21.0 Å². The number of nitrogens with two attached hydrogens (primary N) is 1. The van der Waals surface area contributed by atoms with Crippen molar-refractivity contribution in [3.63, 3.8) is 0 Å². The first kappa shape index (κ1) is 11.3. The van der Waals surface area contributed by atoms with E-state index in [2.05, 4.69) is 10.5 Å². The van der Waals surface area contributed by atoms with E-state index in [9.17, 15) is 0 Å². The number of nitrogens with one attached hydrogen (secondary N) is 1. The van der Waals surface area contributed by atoms with Gasteiger partial charge in [0, 0.05) is 13.2 Å². The molecule has 0 amide bonds. The first-order valence-electron chi connectivity index (χ1n) is 5.06. The van der Waals surface area contributed by atoms with Gasteiger partial charge in [0.25, 0.3) is 0 Å². The van der Waals surface area contributed by atoms with E-state index in [4.69, 9.17) is 15.7 Å². The summed E-state index contributed by atoms with van der Waals surface area (Å²) in [5, 5.41) is 14.5. The quantitative estimate of drug-likeness (QED) is 0.264. The van der Waals surface area contributed by atoms with Gasteiger partial charge >= 0.3 is 0 Å². The summed E-state index contributed by atoms with van der Waals surface area (Å²) < 4.78 is 5.54. The third kappa shape index (κ3) is 3.51. The number of amidine groups is 1. The van der Waals surface area contributed by atoms with Crippen molar-refractivity contribution in [2.45, 2.75) is 38.3 Å². The summed E-state index contributed by atoms with van der Waals surface area (Å²) in [5.74, 6) is 0.209. The van der Waals surface area contributed by atoms with Crippen LogP contribution in [0.25, 0.3) is 0 Å². The maximum absolute atomic E-state index is 8.43. The standard InChI is InChI=1S/C9H19N3O2/c1-7(9(10)12-13)11-6-8-4-2-3-5-14-8/h7-8,11,13H,2-6H2,1H3,(H2,10,12). The molecule has 1 saturated heterocycles. The molecule has 4 N–H and O–H groups in total. The SMILES string of the molecule is CC(NCC1CCCCO1)C(N)=NO. The van der Waals surface area contributed by atoms with Crippen molar-refractivity contribution in [1.82, 2.24) is 5.32 Å². The van der Waals surface area contributed by atoms with E-state index in [-0.39, 0.29) is 18.0 Å². The Morgan fingerprint density at radius 3 is 3.07 bits per heavy atom. The first-order chi connectivity index (χ1) is 6.74. The number of hydrogen-bond acceptors (Lipinski definition) is 4. The van der Waals surface area contributed by atoms with Crippen LogP contribution < -0.4 is 11.1 Å². The largest absolute Gasteiger partial charge is 0.409 e. The summed E-state index contributed by atoms with van der Waals surface area (Å²) in [4.78, 5) is 0. The molecule has 0 aromatic carbocycles. The topological polar surface area (TPSA) is 79.9 Å². The lowest BCUT2D eigenvalue weighted by Gasteiger charge is -2.24. The first-order valence-corrected chi connectivity index (χ1v) is 5.06. The van der Waals surface area contributed by atoms with Crippen LogP contribution in [-0.4, -0.2) is 36.3 Å². The lowest BCUT2D eigenvalue weighted by Crippen LogP contribution is -2.43. The molecule has 0 saturated carbocycles. The Labute approximate surface area is 84.3 Å². The highest BCUT2D eigenvalue weighted by atomic mass is 16.5. The van der Waals surface area contributed by atoms with Gasteiger partial charge in [0.05, 0.1) is 12.1 Å². The summed E-state index contributed by atoms with van der Waals surface area (Å²) >= 11 is 0. The second kappa shape index (κ2) is 5.82. The van der Waals surface area contributed by atoms with Crippen molar-refractivity contribution in [2.24, 2.45) is 10.9 Å². The van der Waals surface area contributed by atoms with Crippen LogP contribution in [0.5, 0.6) is 0 Å². The maximum Gasteiger partial charge on any atom is 0.156 e. The van der Waals surface area contributed by atoms with Crippen molar-refractivity contribution in [2.75, 3.05) is 13.2 Å². The van der Waals surface area contributed by atoms with Gasteiger partial charge in [-0.05, 0) is 26.2 Å². The van der Waals surface area contributed by atoms with E-state index in [1.165, 1.54) is 6.42 Å². The van der Waals surface area contributed by atoms with Crippen molar-refractivity contribution in [3.8, 4) is 0 Å². The highest BCUT2D eigenvalue weighted by Crippen LogP contribution is 2.11. The van der Waals surface area contributed by atoms with Crippen LogP contribution >= 0.6 is 0 Å². The van der Waals surface area contributed by atoms with E-state index in [0.717, 1.165) is 26.0 Å². The molecule has 0 aromatic heterocycles. The zero-order valence-electron chi connectivity index (χ0n) is 8.57. The average Bonchev–Trinajstić information content (AvgIpc) is 2.26. The Kier molecular flexibility index (Phi) is 4.69. The molecule has 5 nitrogen and oxygen atoms in total. The fraction of sp³-hybridized carbons (Fsp3) is 0.889. The number of hydrogen-bond donors (Lipinski definition) is 3. The third-order valence-electron chi connectivity index (χ3n) is 2.48. The zero-order chi connectivity index (χ0) is 10.4. The normalized spacial score (nSPS) is 26.1. The van der Waals surface area contributed by atoms with Crippen LogP contribution in [0.15, 0.2) is 5.16 Å². The second-order valence-corrected chi connectivity index (χ2v) is 3.64. The Hall–Kier alpha value is -0.810. The Bertz CT molecular complexity index is 190. The summed E-state index contributed by atoms with van der Waals surface area (Å²) in [6.45, 7) is 3.47. The molecule has 82 valence electrons. The van der Waals surface area contributed by atoms with Crippen molar-refractivity contribution in [1.29, 1.82) is 0 Å². The molecule has 0 radical (unpaired) electrons. The molecule has 0 aliphatic carbocycles. The molecule has 1 fully saturated rings. The van der Waals surface area contributed by atoms with Crippen LogP contribution in [0.2, 0.25) is 0 Å². The molecular formula is C9H19N3O2. The fourth-order valence-electron chi connectivity index (χ4n) is 1.47. The summed E-state index contributed by atoms with van der Waals surface area (Å²) in [6, 6.07) is -0.106. The molecule has 1 rings (SSSR count). The fourth-order valence-corrected chi connectivity index (χ4v) is 1.47. The van der Waals surface area contributed by atoms with E-state index in [1.54, 1.807) is 0 Å². The molecule has 0 aromatic rings. The Morgan fingerprint density at radius 1 is 1.71 bits per heavy atom. The van der Waals surface area contributed by atoms with Crippen LogP contribution in [0.4, 0.5) is 0 Å². The highest BCUT2D eigenvalue weighted by Gasteiger charge is 2.15. The van der Waals surface area contributed by atoms with Gasteiger partial charge in [0.2, 0.25) is 0 Å². The monoisotopic (exact) mass is 201 g/mol. The number of oxime groups is 1. The van der Waals surface area contributed by atoms with Crippen LogP contribution in [0, 0.1) is 0 Å². The van der Waals surface area contributed by atoms with Gasteiger partial charge in [-0.3, -0.25) is 0 Å². The molecule has 2 unspecified atom stereocenters. The Morgan fingerprint density at radius 2 is 2.50 bits per heavy atom. The molecule has 0 spiro atoms. The average molecular weight is 201 g/mol. The van der Waals surface area contributed by atoms with Gasteiger partial charge in [0.1, 0.15) is 0 Å². The summed E-state index contributed by atoms with van der Waals surface area (Å²) in [5.41, 5.74) is 5.43. The van der Waals surface area contributed by atoms with Gasteiger partial charge in [-0.1, -0.05) is 5.16 Å². The van der Waals surface area contributed by atoms with Gasteiger partial charge in [-0.25, -0.2) is 0 Å². The van der Waals surface area contributed by atoms with Crippen LogP contribution in [0.3, 0.4) is 0 Å². The lowest BCUT2D eigenvalue weighted by molar-refractivity contribution is 0.0165. The van der Waals surface area contributed by atoms with Crippen molar-refractivity contribution in [3.05, 3.63) is 0 Å². The third-order valence-corrected chi connectivity index (χ3v) is 2.48. The highest BCUT2D eigenvalue weighted by molar-refractivity contribution is 5.84. The van der Waals surface area contributed by atoms with Gasteiger partial charge in [-0.2, -0.15) is 0 Å². The molecule has 14 heavy (non-hydrogen) atoms. The van der Waals surface area contributed by atoms with Crippen LogP contribution in [0.1, 0.15) is 26.2 Å². The molecule has 1 aliphatic heterocycles. The minimum Gasteiger partial charge on any atom is -0.409 e. The summed E-state index contributed by atoms with van der Waals surface area (Å²) in [6.07, 6.45) is 3.75. The number of ether oxygens (including phenoxy) is 1. The minimum absolute atomic E-state index is 0.106. The molecule has 1 aliphatic rings. The predicted octanol–water partition coefficient (Wildman–Crippen LogP) is 0.280. The maximum atomic E-state index is 8.43. The number of rotatable bonds is 4. The zero-order valence-corrected chi connectivity index (χ0v) is 8.57. The van der Waals surface area contributed by atoms with Crippen molar-refractivity contribution >= 4 is 5.84 Å². The molecule has 0 bridgehead atoms. The second-order valence-electron chi connectivity index (χ2n) is 3.64. The van der Waals surface area contributed by atoms with E-state index >= 15 is 0 Å². The van der Waals surface area contributed by atoms with Gasteiger partial charge in [-0.15, -0.1) is 0 Å². The van der Waals surface area contributed by atoms with E-state index in [1.807, 2.05) is 6.92 Å². The summed E-state index contributed by atoms with van der Waals surface area (Å²) in [7, 11) is 0. The van der Waals surface area contributed by atoms with Crippen molar-refractivity contribution < 1.29 is 9.94 Å². The van der Waals surface area contributed by atoms with E-state index in [0.29, 0.717) is 0 Å². The van der Waals surface area contributed by atoms with Crippen LogP contribution in [-0.2, 0) is 4.74 Å². The molecule has 1 heterocycles. The number of nitrogens with zero attached hydrogens (tertiary/aromatic N) is 1. The lowest BCUT2D eigenvalue weighted by atomic mass is 10.1. The molecular weight excluding hydrogens is 182 g/mol. The van der Waals surface area contributed by atoms with E-state index < -0.39 is 0 Å². The smallest absolute Gasteiger partial charge is 0.156 e.